The van der Waals surface area contributed by atoms with Crippen molar-refractivity contribution < 1.29 is 9.59 Å². The Balaban J connectivity index is 1.68. The Morgan fingerprint density at radius 3 is 2.29 bits per heavy atom. The molecular weight excluding hydrogens is 300 g/mol. The van der Waals surface area contributed by atoms with Gasteiger partial charge in [-0.25, -0.2) is 0 Å². The molecule has 1 heterocycles. The number of rotatable bonds is 4. The highest BCUT2D eigenvalue weighted by atomic mass is 16.1. The zero-order valence-electron chi connectivity index (χ0n) is 13.9. The number of amides is 1. The van der Waals surface area contributed by atoms with Crippen molar-refractivity contribution >= 4 is 23.1 Å². The van der Waals surface area contributed by atoms with Crippen molar-refractivity contribution in [3.63, 3.8) is 0 Å². The first-order valence-corrected chi connectivity index (χ1v) is 8.41. The molecule has 0 aromatic heterocycles. The summed E-state index contributed by atoms with van der Waals surface area (Å²) in [5.74, 6) is -0.183. The van der Waals surface area contributed by atoms with Crippen LogP contribution >= 0.6 is 0 Å². The first-order chi connectivity index (χ1) is 11.6. The van der Waals surface area contributed by atoms with Crippen LogP contribution in [0.2, 0.25) is 0 Å². The highest BCUT2D eigenvalue weighted by Gasteiger charge is 2.12. The summed E-state index contributed by atoms with van der Waals surface area (Å²) in [7, 11) is 0. The molecule has 1 N–H and O–H groups in total. The predicted octanol–water partition coefficient (Wildman–Crippen LogP) is 4.13. The number of ketones is 1. The molecule has 0 spiro atoms. The molecule has 0 unspecified atom stereocenters. The van der Waals surface area contributed by atoms with Crippen LogP contribution in [0.25, 0.3) is 0 Å². The van der Waals surface area contributed by atoms with Gasteiger partial charge in [0.2, 0.25) is 0 Å². The average molecular weight is 322 g/mol. The van der Waals surface area contributed by atoms with Crippen LogP contribution in [0.15, 0.2) is 48.5 Å². The minimum atomic E-state index is -0.166. The normalized spacial score (nSPS) is 14.3. The Morgan fingerprint density at radius 1 is 0.917 bits per heavy atom. The van der Waals surface area contributed by atoms with Crippen LogP contribution in [0.1, 0.15) is 46.9 Å². The van der Waals surface area contributed by atoms with Crippen LogP contribution in [-0.2, 0) is 0 Å². The van der Waals surface area contributed by atoms with E-state index in [1.165, 1.54) is 31.9 Å². The molecule has 4 nitrogen and oxygen atoms in total. The summed E-state index contributed by atoms with van der Waals surface area (Å²) < 4.78 is 0. The first kappa shape index (κ1) is 16.2. The zero-order valence-corrected chi connectivity index (χ0v) is 13.9. The van der Waals surface area contributed by atoms with E-state index in [2.05, 4.69) is 10.2 Å². The Bertz CT molecular complexity index is 732. The van der Waals surface area contributed by atoms with Gasteiger partial charge in [-0.1, -0.05) is 12.1 Å². The lowest BCUT2D eigenvalue weighted by atomic mass is 10.1. The van der Waals surface area contributed by atoms with Crippen molar-refractivity contribution in [2.45, 2.75) is 26.2 Å². The third-order valence-corrected chi connectivity index (χ3v) is 4.38. The van der Waals surface area contributed by atoms with E-state index >= 15 is 0 Å². The molecule has 0 atom stereocenters. The standard InChI is InChI=1S/C20H22N2O2/c1-15(23)17-6-5-7-18(14-17)21-20(24)16-8-10-19(11-9-16)22-12-3-2-4-13-22/h5-11,14H,2-4,12-13H2,1H3,(H,21,24). The van der Waals surface area contributed by atoms with Gasteiger partial charge < -0.3 is 10.2 Å². The largest absolute Gasteiger partial charge is 0.372 e. The second-order valence-electron chi connectivity index (χ2n) is 6.19. The number of hydrogen-bond donors (Lipinski definition) is 1. The molecule has 1 amide bonds. The van der Waals surface area contributed by atoms with Gasteiger partial charge in [0, 0.05) is 35.6 Å². The summed E-state index contributed by atoms with van der Waals surface area (Å²) in [4.78, 5) is 26.2. The summed E-state index contributed by atoms with van der Waals surface area (Å²) in [5, 5.41) is 2.85. The summed E-state index contributed by atoms with van der Waals surface area (Å²) >= 11 is 0. The Morgan fingerprint density at radius 2 is 1.62 bits per heavy atom. The quantitative estimate of drug-likeness (QED) is 0.861. The molecule has 0 bridgehead atoms. The number of nitrogens with zero attached hydrogens (tertiary/aromatic N) is 1. The molecule has 0 aliphatic carbocycles. The van der Waals surface area contributed by atoms with Gasteiger partial charge in [0.05, 0.1) is 0 Å². The molecule has 1 saturated heterocycles. The van der Waals surface area contributed by atoms with E-state index in [-0.39, 0.29) is 11.7 Å². The average Bonchev–Trinajstić information content (AvgIpc) is 2.63. The third-order valence-electron chi connectivity index (χ3n) is 4.38. The molecule has 3 rings (SSSR count). The maximum absolute atomic E-state index is 12.4. The molecule has 1 aliphatic heterocycles. The van der Waals surface area contributed by atoms with E-state index < -0.39 is 0 Å². The highest BCUT2D eigenvalue weighted by Crippen LogP contribution is 2.21. The fourth-order valence-corrected chi connectivity index (χ4v) is 2.99. The van der Waals surface area contributed by atoms with Crippen LogP contribution in [0, 0.1) is 0 Å². The number of benzene rings is 2. The van der Waals surface area contributed by atoms with Crippen molar-refractivity contribution in [2.75, 3.05) is 23.3 Å². The lowest BCUT2D eigenvalue weighted by molar-refractivity contribution is 0.101. The Kier molecular flexibility index (Phi) is 4.94. The molecule has 0 radical (unpaired) electrons. The van der Waals surface area contributed by atoms with Crippen LogP contribution in [0.3, 0.4) is 0 Å². The van der Waals surface area contributed by atoms with Gasteiger partial charge in [0.25, 0.3) is 5.91 Å². The van der Waals surface area contributed by atoms with Gasteiger partial charge in [-0.3, -0.25) is 9.59 Å². The first-order valence-electron chi connectivity index (χ1n) is 8.41. The van der Waals surface area contributed by atoms with E-state index in [4.69, 9.17) is 0 Å². The highest BCUT2D eigenvalue weighted by molar-refractivity contribution is 6.05. The van der Waals surface area contributed by atoms with E-state index in [9.17, 15) is 9.59 Å². The Labute approximate surface area is 142 Å². The summed E-state index contributed by atoms with van der Waals surface area (Å²) in [5.41, 5.74) is 3.01. The predicted molar refractivity (Wildman–Crippen MR) is 96.9 cm³/mol. The maximum atomic E-state index is 12.4. The van der Waals surface area contributed by atoms with E-state index in [1.54, 1.807) is 24.3 Å². The zero-order chi connectivity index (χ0) is 16.9. The van der Waals surface area contributed by atoms with Gasteiger partial charge in [-0.05, 0) is 62.6 Å². The smallest absolute Gasteiger partial charge is 0.255 e. The molecule has 4 heteroatoms. The molecule has 2 aromatic rings. The van der Waals surface area contributed by atoms with Crippen molar-refractivity contribution in [1.82, 2.24) is 0 Å². The number of carbonyl (C=O) groups excluding carboxylic acids is 2. The number of anilines is 2. The van der Waals surface area contributed by atoms with Gasteiger partial charge in [0.15, 0.2) is 5.78 Å². The van der Waals surface area contributed by atoms with Crippen molar-refractivity contribution in [3.05, 3.63) is 59.7 Å². The molecule has 2 aromatic carbocycles. The summed E-state index contributed by atoms with van der Waals surface area (Å²) in [6, 6.07) is 14.7. The van der Waals surface area contributed by atoms with Gasteiger partial charge in [-0.2, -0.15) is 0 Å². The molecule has 1 aliphatic rings. The summed E-state index contributed by atoms with van der Waals surface area (Å²) in [6.45, 7) is 3.69. The maximum Gasteiger partial charge on any atom is 0.255 e. The number of hydrogen-bond acceptors (Lipinski definition) is 3. The number of carbonyl (C=O) groups is 2. The van der Waals surface area contributed by atoms with Crippen LogP contribution in [0.5, 0.6) is 0 Å². The lowest BCUT2D eigenvalue weighted by Crippen LogP contribution is -2.29. The van der Waals surface area contributed by atoms with Gasteiger partial charge >= 0.3 is 0 Å². The molecule has 1 fully saturated rings. The lowest BCUT2D eigenvalue weighted by Gasteiger charge is -2.28. The second-order valence-corrected chi connectivity index (χ2v) is 6.19. The minimum Gasteiger partial charge on any atom is -0.372 e. The van der Waals surface area contributed by atoms with Crippen molar-refractivity contribution in [1.29, 1.82) is 0 Å². The third kappa shape index (κ3) is 3.82. The van der Waals surface area contributed by atoms with Gasteiger partial charge in [-0.15, -0.1) is 0 Å². The summed E-state index contributed by atoms with van der Waals surface area (Å²) in [6.07, 6.45) is 3.76. The fourth-order valence-electron chi connectivity index (χ4n) is 2.99. The molecule has 24 heavy (non-hydrogen) atoms. The monoisotopic (exact) mass is 322 g/mol. The number of nitrogens with one attached hydrogen (secondary N) is 1. The molecule has 0 saturated carbocycles. The van der Waals surface area contributed by atoms with Crippen molar-refractivity contribution in [3.8, 4) is 0 Å². The van der Waals surface area contributed by atoms with E-state index in [0.717, 1.165) is 13.1 Å². The minimum absolute atomic E-state index is 0.0167. The van der Waals surface area contributed by atoms with Gasteiger partial charge in [0.1, 0.15) is 0 Å². The topological polar surface area (TPSA) is 49.4 Å². The second kappa shape index (κ2) is 7.30. The fraction of sp³-hybridized carbons (Fsp3) is 0.300. The van der Waals surface area contributed by atoms with Crippen LogP contribution in [0.4, 0.5) is 11.4 Å². The molecule has 124 valence electrons. The van der Waals surface area contributed by atoms with Crippen LogP contribution in [-0.4, -0.2) is 24.8 Å². The number of Topliss-reactive ketones (excluding diaryl/α,β-unsaturated/α-hetero) is 1. The SMILES string of the molecule is CC(=O)c1cccc(NC(=O)c2ccc(N3CCCCC3)cc2)c1. The van der Waals surface area contributed by atoms with Crippen molar-refractivity contribution in [2.24, 2.45) is 0 Å². The van der Waals surface area contributed by atoms with E-state index in [1.807, 2.05) is 24.3 Å². The Hall–Kier alpha value is -2.62. The number of piperidine rings is 1. The molecular formula is C20H22N2O2. The van der Waals surface area contributed by atoms with E-state index in [0.29, 0.717) is 16.8 Å². The van der Waals surface area contributed by atoms with Crippen LogP contribution < -0.4 is 10.2 Å².